The lowest BCUT2D eigenvalue weighted by Gasteiger charge is -2.10. The molecule has 0 spiro atoms. The minimum Gasteiger partial charge on any atom is -0.490 e. The third-order valence-electron chi connectivity index (χ3n) is 3.88. The molecule has 1 aromatic heterocycles. The zero-order valence-corrected chi connectivity index (χ0v) is 16.3. The number of hydrogen-bond donors (Lipinski definition) is 1. The average Bonchev–Trinajstić information content (AvgIpc) is 3.03. The molecule has 0 atom stereocenters. The summed E-state index contributed by atoms with van der Waals surface area (Å²) < 4.78 is 37.6. The number of nitrogens with zero attached hydrogens (tertiary/aromatic N) is 3. The number of carbonyl (C=O) groups is 1. The van der Waals surface area contributed by atoms with Gasteiger partial charge in [0.25, 0.3) is 15.9 Å². The van der Waals surface area contributed by atoms with Crippen molar-refractivity contribution in [2.45, 2.75) is 18.2 Å². The molecule has 0 unspecified atom stereocenters. The second-order valence-electron chi connectivity index (χ2n) is 5.83. The molecule has 28 heavy (non-hydrogen) atoms. The van der Waals surface area contributed by atoms with E-state index in [4.69, 9.17) is 9.47 Å². The zero-order chi connectivity index (χ0) is 20.1. The van der Waals surface area contributed by atoms with Gasteiger partial charge in [-0.1, -0.05) is 6.08 Å². The first-order valence-corrected chi connectivity index (χ1v) is 10.0. The molecule has 0 saturated heterocycles. The van der Waals surface area contributed by atoms with Gasteiger partial charge in [0, 0.05) is 19.5 Å². The van der Waals surface area contributed by atoms with E-state index in [0.29, 0.717) is 24.7 Å². The Kier molecular flexibility index (Phi) is 5.78. The Morgan fingerprint density at radius 3 is 2.75 bits per heavy atom. The number of nitrogens with one attached hydrogen (secondary N) is 1. The van der Waals surface area contributed by atoms with Crippen LogP contribution in [0.5, 0.6) is 11.5 Å². The maximum atomic E-state index is 12.9. The zero-order valence-electron chi connectivity index (χ0n) is 15.5. The summed E-state index contributed by atoms with van der Waals surface area (Å²) >= 11 is 0. The summed E-state index contributed by atoms with van der Waals surface area (Å²) in [5.41, 5.74) is 0.439. The number of anilines is 1. The standard InChI is InChI=1S/C18H20N4O5S/c1-3-5-15(19-2)18(23)21-13-11-20-22(12-13)28(24,25)14-6-7-16-17(10-14)27-9-4-8-26-16/h3,5-7,10-12H,4,8-9H2,1-2H3,(H,21,23). The fourth-order valence-electron chi connectivity index (χ4n) is 2.52. The van der Waals surface area contributed by atoms with Crippen molar-refractivity contribution in [2.24, 2.45) is 4.99 Å². The molecule has 10 heteroatoms. The molecule has 3 rings (SSSR count). The molecule has 1 aliphatic rings. The first kappa shape index (κ1) is 19.6. The smallest absolute Gasteiger partial charge is 0.283 e. The summed E-state index contributed by atoms with van der Waals surface area (Å²) in [4.78, 5) is 16.0. The SMILES string of the molecule is CC=CC(=NC)C(=O)Nc1cnn(S(=O)(=O)c2ccc3c(c2)OCCCO3)c1. The van der Waals surface area contributed by atoms with Crippen LogP contribution < -0.4 is 14.8 Å². The quantitative estimate of drug-likeness (QED) is 0.762. The van der Waals surface area contributed by atoms with E-state index in [-0.39, 0.29) is 16.3 Å². The molecule has 0 aliphatic carbocycles. The normalized spacial score (nSPS) is 14.7. The molecule has 1 aromatic carbocycles. The molecular formula is C18H20N4O5S. The Hall–Kier alpha value is -3.14. The van der Waals surface area contributed by atoms with Gasteiger partial charge in [-0.3, -0.25) is 9.79 Å². The lowest BCUT2D eigenvalue weighted by molar-refractivity contribution is -0.110. The predicted molar refractivity (Wildman–Crippen MR) is 104 cm³/mol. The van der Waals surface area contributed by atoms with E-state index in [1.54, 1.807) is 25.1 Å². The molecule has 0 fully saturated rings. The van der Waals surface area contributed by atoms with Crippen molar-refractivity contribution < 1.29 is 22.7 Å². The van der Waals surface area contributed by atoms with Crippen molar-refractivity contribution >= 4 is 27.3 Å². The summed E-state index contributed by atoms with van der Waals surface area (Å²) in [5.74, 6) is 0.405. The molecule has 2 aromatic rings. The van der Waals surface area contributed by atoms with Gasteiger partial charge in [-0.25, -0.2) is 0 Å². The molecule has 148 valence electrons. The highest BCUT2D eigenvalue weighted by Crippen LogP contribution is 2.32. The molecule has 0 radical (unpaired) electrons. The van der Waals surface area contributed by atoms with Crippen LogP contribution in [0.3, 0.4) is 0 Å². The van der Waals surface area contributed by atoms with Gasteiger partial charge in [0.05, 0.1) is 36.2 Å². The number of hydrogen-bond acceptors (Lipinski definition) is 7. The highest BCUT2D eigenvalue weighted by molar-refractivity contribution is 7.89. The fraction of sp³-hybridized carbons (Fsp3) is 0.278. The topological polar surface area (TPSA) is 112 Å². The van der Waals surface area contributed by atoms with Crippen molar-refractivity contribution in [1.82, 2.24) is 9.19 Å². The molecule has 1 aliphatic heterocycles. The maximum absolute atomic E-state index is 12.9. The number of ether oxygens (including phenoxy) is 2. The number of rotatable bonds is 5. The second kappa shape index (κ2) is 8.26. The van der Waals surface area contributed by atoms with Gasteiger partial charge < -0.3 is 14.8 Å². The summed E-state index contributed by atoms with van der Waals surface area (Å²) in [7, 11) is -2.47. The van der Waals surface area contributed by atoms with Crippen LogP contribution in [0.25, 0.3) is 0 Å². The van der Waals surface area contributed by atoms with E-state index in [9.17, 15) is 13.2 Å². The number of aromatic nitrogens is 2. The van der Waals surface area contributed by atoms with E-state index in [1.165, 1.54) is 31.6 Å². The van der Waals surface area contributed by atoms with Gasteiger partial charge >= 0.3 is 0 Å². The summed E-state index contributed by atoms with van der Waals surface area (Å²) in [6.07, 6.45) is 6.42. The summed E-state index contributed by atoms with van der Waals surface area (Å²) in [6.45, 7) is 2.72. The van der Waals surface area contributed by atoms with Crippen molar-refractivity contribution in [2.75, 3.05) is 25.6 Å². The number of carbonyl (C=O) groups excluding carboxylic acids is 1. The Balaban J connectivity index is 1.84. The van der Waals surface area contributed by atoms with Gasteiger partial charge in [-0.15, -0.1) is 0 Å². The highest BCUT2D eigenvalue weighted by Gasteiger charge is 2.22. The number of aliphatic imine (C=N–C) groups is 1. The Bertz CT molecular complexity index is 1040. The second-order valence-corrected chi connectivity index (χ2v) is 7.62. The number of amides is 1. The van der Waals surface area contributed by atoms with Gasteiger partial charge in [0.1, 0.15) is 5.71 Å². The average molecular weight is 404 g/mol. The molecule has 1 amide bonds. The van der Waals surface area contributed by atoms with Crippen molar-refractivity contribution in [3.05, 3.63) is 42.7 Å². The summed E-state index contributed by atoms with van der Waals surface area (Å²) in [5, 5.41) is 6.43. The Labute approximate surface area is 162 Å². The van der Waals surface area contributed by atoms with Crippen LogP contribution in [0, 0.1) is 0 Å². The van der Waals surface area contributed by atoms with Crippen molar-refractivity contribution in [1.29, 1.82) is 0 Å². The number of benzene rings is 1. The van der Waals surface area contributed by atoms with E-state index in [1.807, 2.05) is 0 Å². The summed E-state index contributed by atoms with van der Waals surface area (Å²) in [6, 6.07) is 4.39. The minimum atomic E-state index is -3.96. The third kappa shape index (κ3) is 4.06. The van der Waals surface area contributed by atoms with Crippen LogP contribution in [-0.2, 0) is 14.8 Å². The van der Waals surface area contributed by atoms with Crippen LogP contribution in [-0.4, -0.2) is 49.5 Å². The third-order valence-corrected chi connectivity index (χ3v) is 5.42. The molecular weight excluding hydrogens is 384 g/mol. The van der Waals surface area contributed by atoms with Gasteiger partial charge in [-0.2, -0.15) is 17.6 Å². The van der Waals surface area contributed by atoms with E-state index >= 15 is 0 Å². The first-order chi connectivity index (χ1) is 13.5. The van der Waals surface area contributed by atoms with Crippen molar-refractivity contribution in [3.63, 3.8) is 0 Å². The largest absolute Gasteiger partial charge is 0.490 e. The van der Waals surface area contributed by atoms with Gasteiger partial charge in [-0.05, 0) is 25.1 Å². The molecule has 0 bridgehead atoms. The minimum absolute atomic E-state index is 0.00227. The Morgan fingerprint density at radius 2 is 2.04 bits per heavy atom. The van der Waals surface area contributed by atoms with Crippen LogP contribution >= 0.6 is 0 Å². The van der Waals surface area contributed by atoms with E-state index in [0.717, 1.165) is 10.5 Å². The van der Waals surface area contributed by atoms with E-state index < -0.39 is 15.9 Å². The van der Waals surface area contributed by atoms with Crippen LogP contribution in [0.2, 0.25) is 0 Å². The molecule has 2 heterocycles. The fourth-order valence-corrected chi connectivity index (χ4v) is 3.65. The van der Waals surface area contributed by atoms with Crippen LogP contribution in [0.4, 0.5) is 5.69 Å². The predicted octanol–water partition coefficient (Wildman–Crippen LogP) is 1.87. The van der Waals surface area contributed by atoms with Crippen molar-refractivity contribution in [3.8, 4) is 11.5 Å². The highest BCUT2D eigenvalue weighted by atomic mass is 32.2. The first-order valence-electron chi connectivity index (χ1n) is 8.56. The van der Waals surface area contributed by atoms with Gasteiger partial charge in [0.2, 0.25) is 0 Å². The van der Waals surface area contributed by atoms with Gasteiger partial charge in [0.15, 0.2) is 11.5 Å². The lowest BCUT2D eigenvalue weighted by atomic mass is 10.3. The van der Waals surface area contributed by atoms with E-state index in [2.05, 4.69) is 15.4 Å². The maximum Gasteiger partial charge on any atom is 0.283 e. The monoisotopic (exact) mass is 404 g/mol. The number of fused-ring (bicyclic) bond motifs is 1. The number of allylic oxidation sites excluding steroid dienone is 1. The lowest BCUT2D eigenvalue weighted by Crippen LogP contribution is -2.21. The molecule has 1 N–H and O–H groups in total. The molecule has 0 saturated carbocycles. The van der Waals surface area contributed by atoms with Crippen LogP contribution in [0.1, 0.15) is 13.3 Å². The Morgan fingerprint density at radius 1 is 1.29 bits per heavy atom. The molecule has 9 nitrogen and oxygen atoms in total. The van der Waals surface area contributed by atoms with Crippen LogP contribution in [0.15, 0.2) is 52.6 Å².